The minimum absolute atomic E-state index is 0.0982. The maximum Gasteiger partial charge on any atom is 0.451 e. The van der Waals surface area contributed by atoms with E-state index in [0.717, 1.165) is 13.0 Å². The van der Waals surface area contributed by atoms with Gasteiger partial charge in [0.2, 0.25) is 11.7 Å². The number of amides is 1. The molecule has 0 unspecified atom stereocenters. The van der Waals surface area contributed by atoms with E-state index in [1.54, 1.807) is 0 Å². The lowest BCUT2D eigenvalue weighted by molar-refractivity contribution is -0.152. The van der Waals surface area contributed by atoms with E-state index in [-0.39, 0.29) is 11.4 Å². The molecule has 0 saturated heterocycles. The highest BCUT2D eigenvalue weighted by molar-refractivity contribution is 5.89. The lowest BCUT2D eigenvalue weighted by Gasteiger charge is -2.05. The van der Waals surface area contributed by atoms with Gasteiger partial charge in [0.05, 0.1) is 5.69 Å². The molecule has 0 aliphatic heterocycles. The number of alkyl halides is 3. The van der Waals surface area contributed by atoms with Gasteiger partial charge in [-0.1, -0.05) is 0 Å². The molecule has 1 amide bonds. The van der Waals surface area contributed by atoms with Crippen molar-refractivity contribution >= 4 is 11.6 Å². The summed E-state index contributed by atoms with van der Waals surface area (Å²) in [5.74, 6) is -1.65. The second-order valence-electron chi connectivity index (χ2n) is 2.78. The molecule has 0 aromatic carbocycles. The molecule has 14 heavy (non-hydrogen) atoms. The van der Waals surface area contributed by atoms with Gasteiger partial charge in [-0.25, -0.2) is 0 Å². The Morgan fingerprint density at radius 1 is 1.50 bits per heavy atom. The number of aryl methyl sites for hydroxylation is 1. The van der Waals surface area contributed by atoms with E-state index in [0.29, 0.717) is 0 Å². The quantitative estimate of drug-likeness (QED) is 0.768. The number of furan rings is 1. The first kappa shape index (κ1) is 10.6. The second kappa shape index (κ2) is 3.36. The van der Waals surface area contributed by atoms with E-state index in [1.807, 2.05) is 5.32 Å². The lowest BCUT2D eigenvalue weighted by Crippen LogP contribution is -2.11. The Labute approximate surface area is 77.9 Å². The Balaban J connectivity index is 3.09. The average molecular weight is 207 g/mol. The van der Waals surface area contributed by atoms with Gasteiger partial charge in [-0.15, -0.1) is 0 Å². The topological polar surface area (TPSA) is 42.2 Å². The Morgan fingerprint density at radius 2 is 2.07 bits per heavy atom. The largest absolute Gasteiger partial charge is 0.455 e. The van der Waals surface area contributed by atoms with Crippen LogP contribution in [0.2, 0.25) is 0 Å². The summed E-state index contributed by atoms with van der Waals surface area (Å²) in [5.41, 5.74) is -0.345. The summed E-state index contributed by atoms with van der Waals surface area (Å²) in [7, 11) is 0. The Morgan fingerprint density at radius 3 is 2.50 bits per heavy atom. The van der Waals surface area contributed by atoms with Crippen LogP contribution in [0.1, 0.15) is 18.4 Å². The maximum atomic E-state index is 12.3. The van der Waals surface area contributed by atoms with E-state index in [1.165, 1.54) is 6.92 Å². The number of rotatable bonds is 1. The predicted octanol–water partition coefficient (Wildman–Crippen LogP) is 2.57. The molecule has 1 aromatic rings. The van der Waals surface area contributed by atoms with Crippen molar-refractivity contribution in [3.8, 4) is 0 Å². The fraction of sp³-hybridized carbons (Fsp3) is 0.375. The molecule has 0 atom stereocenters. The van der Waals surface area contributed by atoms with Crippen molar-refractivity contribution in [3.63, 3.8) is 0 Å². The van der Waals surface area contributed by atoms with Crippen LogP contribution in [-0.2, 0) is 11.0 Å². The molecule has 0 spiro atoms. The van der Waals surface area contributed by atoms with Crippen molar-refractivity contribution in [2.24, 2.45) is 0 Å². The SMILES string of the molecule is CC(=O)Nc1cc(C)oc1C(F)(F)F. The van der Waals surface area contributed by atoms with Crippen molar-refractivity contribution in [2.45, 2.75) is 20.0 Å². The molecule has 78 valence electrons. The van der Waals surface area contributed by atoms with Crippen molar-refractivity contribution in [1.29, 1.82) is 0 Å². The normalized spacial score (nSPS) is 11.5. The third-order valence-corrected chi connectivity index (χ3v) is 1.42. The van der Waals surface area contributed by atoms with Crippen molar-refractivity contribution < 1.29 is 22.4 Å². The summed E-state index contributed by atoms with van der Waals surface area (Å²) in [6.07, 6.45) is -4.59. The van der Waals surface area contributed by atoms with E-state index in [4.69, 9.17) is 0 Å². The first-order chi connectivity index (χ1) is 6.30. The van der Waals surface area contributed by atoms with Crippen molar-refractivity contribution in [3.05, 3.63) is 17.6 Å². The summed E-state index contributed by atoms with van der Waals surface area (Å²) in [6.45, 7) is 2.50. The van der Waals surface area contributed by atoms with Crippen LogP contribution in [0.4, 0.5) is 18.9 Å². The molecular formula is C8H8F3NO2. The van der Waals surface area contributed by atoms with Crippen LogP contribution in [0.3, 0.4) is 0 Å². The highest BCUT2D eigenvalue weighted by Crippen LogP contribution is 2.36. The van der Waals surface area contributed by atoms with Gasteiger partial charge in [0.15, 0.2) is 0 Å². The van der Waals surface area contributed by atoms with E-state index < -0.39 is 17.8 Å². The summed E-state index contributed by atoms with van der Waals surface area (Å²) in [6, 6.07) is 1.13. The zero-order chi connectivity index (χ0) is 10.9. The zero-order valence-electron chi connectivity index (χ0n) is 7.53. The van der Waals surface area contributed by atoms with Crippen LogP contribution >= 0.6 is 0 Å². The van der Waals surface area contributed by atoms with Crippen LogP contribution in [0.5, 0.6) is 0 Å². The molecule has 6 heteroatoms. The van der Waals surface area contributed by atoms with Gasteiger partial charge in [0.1, 0.15) is 5.76 Å². The van der Waals surface area contributed by atoms with E-state index in [2.05, 4.69) is 4.42 Å². The average Bonchev–Trinajstić information content (AvgIpc) is 2.28. The fourth-order valence-corrected chi connectivity index (χ4v) is 1.01. The molecular weight excluding hydrogens is 199 g/mol. The van der Waals surface area contributed by atoms with Gasteiger partial charge in [-0.3, -0.25) is 4.79 Å². The van der Waals surface area contributed by atoms with Crippen LogP contribution < -0.4 is 5.32 Å². The van der Waals surface area contributed by atoms with Gasteiger partial charge in [-0.2, -0.15) is 13.2 Å². The van der Waals surface area contributed by atoms with Gasteiger partial charge >= 0.3 is 6.18 Å². The van der Waals surface area contributed by atoms with Crippen molar-refractivity contribution in [2.75, 3.05) is 5.32 Å². The summed E-state index contributed by atoms with van der Waals surface area (Å²) < 4.78 is 41.2. The van der Waals surface area contributed by atoms with Gasteiger partial charge in [0.25, 0.3) is 0 Å². The predicted molar refractivity (Wildman–Crippen MR) is 42.8 cm³/mol. The molecule has 0 aliphatic carbocycles. The number of carbonyl (C=O) groups is 1. The number of nitrogens with one attached hydrogen (secondary N) is 1. The standard InChI is InChI=1S/C8H8F3NO2/c1-4-3-6(12-5(2)13)7(14-4)8(9,10)11/h3H,1-2H3,(H,12,13). The zero-order valence-corrected chi connectivity index (χ0v) is 7.53. The van der Waals surface area contributed by atoms with Gasteiger partial charge < -0.3 is 9.73 Å². The fourth-order valence-electron chi connectivity index (χ4n) is 1.01. The molecule has 0 aliphatic rings. The first-order valence-corrected chi connectivity index (χ1v) is 3.76. The Kier molecular flexibility index (Phi) is 2.55. The summed E-state index contributed by atoms with van der Waals surface area (Å²) in [5, 5.41) is 2.05. The van der Waals surface area contributed by atoms with Crippen LogP contribution in [0.25, 0.3) is 0 Å². The number of carbonyl (C=O) groups excluding carboxylic acids is 1. The number of anilines is 1. The van der Waals surface area contributed by atoms with Gasteiger partial charge in [0, 0.05) is 13.0 Å². The number of halogens is 3. The minimum Gasteiger partial charge on any atom is -0.455 e. The summed E-state index contributed by atoms with van der Waals surface area (Å²) in [4.78, 5) is 10.6. The lowest BCUT2D eigenvalue weighted by atomic mass is 10.3. The Hall–Kier alpha value is -1.46. The molecule has 1 N–H and O–H groups in total. The monoisotopic (exact) mass is 207 g/mol. The van der Waals surface area contributed by atoms with Crippen LogP contribution in [0.15, 0.2) is 10.5 Å². The van der Waals surface area contributed by atoms with Crippen LogP contribution in [0, 0.1) is 6.92 Å². The van der Waals surface area contributed by atoms with Crippen LogP contribution in [-0.4, -0.2) is 5.91 Å². The van der Waals surface area contributed by atoms with E-state index in [9.17, 15) is 18.0 Å². The molecule has 0 radical (unpaired) electrons. The third kappa shape index (κ3) is 2.27. The number of hydrogen-bond acceptors (Lipinski definition) is 2. The molecule has 0 fully saturated rings. The molecule has 1 rings (SSSR count). The second-order valence-corrected chi connectivity index (χ2v) is 2.78. The van der Waals surface area contributed by atoms with Crippen molar-refractivity contribution in [1.82, 2.24) is 0 Å². The molecule has 1 aromatic heterocycles. The smallest absolute Gasteiger partial charge is 0.451 e. The maximum absolute atomic E-state index is 12.3. The third-order valence-electron chi connectivity index (χ3n) is 1.42. The molecule has 1 heterocycles. The minimum atomic E-state index is -4.59. The Bertz CT molecular complexity index is 354. The summed E-state index contributed by atoms with van der Waals surface area (Å²) >= 11 is 0. The van der Waals surface area contributed by atoms with E-state index >= 15 is 0 Å². The highest BCUT2D eigenvalue weighted by Gasteiger charge is 2.38. The number of hydrogen-bond donors (Lipinski definition) is 1. The first-order valence-electron chi connectivity index (χ1n) is 3.76. The molecule has 0 bridgehead atoms. The highest BCUT2D eigenvalue weighted by atomic mass is 19.4. The molecule has 3 nitrogen and oxygen atoms in total. The molecule has 0 saturated carbocycles. The van der Waals surface area contributed by atoms with Gasteiger partial charge in [-0.05, 0) is 6.92 Å².